The van der Waals surface area contributed by atoms with Gasteiger partial charge >= 0.3 is 11.9 Å². The zero-order chi connectivity index (χ0) is 23.5. The summed E-state index contributed by atoms with van der Waals surface area (Å²) in [6.07, 6.45) is 6.81. The lowest BCUT2D eigenvalue weighted by Gasteiger charge is -2.57. The van der Waals surface area contributed by atoms with Crippen LogP contribution in [0.4, 0.5) is 0 Å². The minimum Gasteiger partial charge on any atom is -0.469 e. The number of hydrogen-bond donors (Lipinski definition) is 1. The standard InChI is InChI=1S/C26H38O6/c1-6-31-22(28)16-20(27)23-18(12-15-32-23)9-10-19-17(2)8-11-21-25(19,3)13-7-14-26(21,4)24(29)30-5/h12,15,19-21,27H,2,6-11,13-14,16H2,1,3-5H3/t19-,20?,21+,25+,26-/m0/s1. The Balaban J connectivity index is 1.77. The number of carbonyl (C=O) groups excluding carboxylic acids is 2. The van der Waals surface area contributed by atoms with Gasteiger partial charge in [-0.3, -0.25) is 9.59 Å². The Morgan fingerprint density at radius 3 is 2.78 bits per heavy atom. The van der Waals surface area contributed by atoms with Crippen molar-refractivity contribution in [3.8, 4) is 0 Å². The molecule has 1 heterocycles. The lowest BCUT2D eigenvalue weighted by atomic mass is 9.46. The Hall–Kier alpha value is -2.08. The van der Waals surface area contributed by atoms with Gasteiger partial charge in [0.15, 0.2) is 0 Å². The normalized spacial score (nSPS) is 31.0. The summed E-state index contributed by atoms with van der Waals surface area (Å²) < 4.78 is 15.7. The Labute approximate surface area is 191 Å². The maximum absolute atomic E-state index is 12.8. The van der Waals surface area contributed by atoms with Crippen molar-refractivity contribution in [2.75, 3.05) is 13.7 Å². The predicted molar refractivity (Wildman–Crippen MR) is 121 cm³/mol. The van der Waals surface area contributed by atoms with E-state index in [0.717, 1.165) is 44.1 Å². The van der Waals surface area contributed by atoms with Crippen LogP contribution < -0.4 is 0 Å². The van der Waals surface area contributed by atoms with Crippen molar-refractivity contribution in [3.05, 3.63) is 35.8 Å². The molecule has 0 aliphatic heterocycles. The number of methoxy groups -OCH3 is 1. The molecule has 2 saturated carbocycles. The zero-order valence-corrected chi connectivity index (χ0v) is 19.9. The number of aliphatic hydroxyl groups is 1. The van der Waals surface area contributed by atoms with Crippen LogP contribution >= 0.6 is 0 Å². The highest BCUT2D eigenvalue weighted by Gasteiger charge is 2.57. The third-order valence-electron chi connectivity index (χ3n) is 8.12. The molecule has 2 aliphatic rings. The molecule has 0 amide bonds. The number of fused-ring (bicyclic) bond motifs is 1. The number of furan rings is 1. The number of allylic oxidation sites excluding steroid dienone is 1. The fraction of sp³-hybridized carbons (Fsp3) is 0.692. The molecule has 0 radical (unpaired) electrons. The van der Waals surface area contributed by atoms with E-state index in [2.05, 4.69) is 20.4 Å². The first-order valence-corrected chi connectivity index (χ1v) is 11.8. The number of aliphatic hydroxyl groups excluding tert-OH is 1. The van der Waals surface area contributed by atoms with Crippen molar-refractivity contribution in [3.63, 3.8) is 0 Å². The first-order valence-electron chi connectivity index (χ1n) is 11.8. The van der Waals surface area contributed by atoms with E-state index in [1.807, 2.05) is 6.07 Å². The van der Waals surface area contributed by atoms with E-state index in [1.54, 1.807) is 13.2 Å². The molecule has 3 rings (SSSR count). The van der Waals surface area contributed by atoms with Crippen molar-refractivity contribution in [1.29, 1.82) is 0 Å². The van der Waals surface area contributed by atoms with E-state index in [4.69, 9.17) is 13.9 Å². The minimum absolute atomic E-state index is 0.0238. The monoisotopic (exact) mass is 446 g/mol. The van der Waals surface area contributed by atoms with Crippen LogP contribution in [0.1, 0.15) is 83.1 Å². The number of rotatable bonds is 8. The molecule has 2 fully saturated rings. The summed E-state index contributed by atoms with van der Waals surface area (Å²) in [7, 11) is 1.49. The second-order valence-corrected chi connectivity index (χ2v) is 9.94. The summed E-state index contributed by atoms with van der Waals surface area (Å²) in [6.45, 7) is 10.8. The van der Waals surface area contributed by atoms with Gasteiger partial charge in [0.05, 0.1) is 31.8 Å². The summed E-state index contributed by atoms with van der Waals surface area (Å²) >= 11 is 0. The van der Waals surface area contributed by atoms with E-state index in [9.17, 15) is 14.7 Å². The minimum atomic E-state index is -1.02. The van der Waals surface area contributed by atoms with Gasteiger partial charge in [-0.25, -0.2) is 0 Å². The first kappa shape index (κ1) is 24.6. The largest absolute Gasteiger partial charge is 0.469 e. The quantitative estimate of drug-likeness (QED) is 0.439. The zero-order valence-electron chi connectivity index (χ0n) is 19.9. The van der Waals surface area contributed by atoms with Crippen LogP contribution in [0.5, 0.6) is 0 Å². The molecule has 0 spiro atoms. The van der Waals surface area contributed by atoms with Gasteiger partial charge in [-0.15, -0.1) is 0 Å². The molecule has 0 bridgehead atoms. The second-order valence-electron chi connectivity index (χ2n) is 9.94. The molecule has 32 heavy (non-hydrogen) atoms. The van der Waals surface area contributed by atoms with Gasteiger partial charge in [0.2, 0.25) is 0 Å². The Bertz CT molecular complexity index is 841. The number of aryl methyl sites for hydroxylation is 1. The van der Waals surface area contributed by atoms with Crippen LogP contribution in [0, 0.1) is 22.7 Å². The molecule has 1 N–H and O–H groups in total. The fourth-order valence-electron chi connectivity index (χ4n) is 6.58. The number of esters is 2. The molecule has 6 nitrogen and oxygen atoms in total. The smallest absolute Gasteiger partial charge is 0.311 e. The van der Waals surface area contributed by atoms with Crippen molar-refractivity contribution >= 4 is 11.9 Å². The highest BCUT2D eigenvalue weighted by Crippen LogP contribution is 2.62. The van der Waals surface area contributed by atoms with Crippen LogP contribution in [-0.2, 0) is 25.5 Å². The first-order chi connectivity index (χ1) is 15.2. The Morgan fingerprint density at radius 2 is 2.09 bits per heavy atom. The highest BCUT2D eigenvalue weighted by molar-refractivity contribution is 5.77. The van der Waals surface area contributed by atoms with Crippen LogP contribution in [0.2, 0.25) is 0 Å². The van der Waals surface area contributed by atoms with Gasteiger partial charge in [0, 0.05) is 0 Å². The SMILES string of the molecule is C=C1CC[C@@H]2[C@](C)(CCC[C@]2(C)C(=O)OC)[C@H]1CCc1ccoc1C(O)CC(=O)OCC. The third kappa shape index (κ3) is 4.52. The van der Waals surface area contributed by atoms with Gasteiger partial charge in [0.1, 0.15) is 11.9 Å². The molecule has 6 heteroatoms. The van der Waals surface area contributed by atoms with Gasteiger partial charge < -0.3 is 19.0 Å². The molecular weight excluding hydrogens is 408 g/mol. The fourth-order valence-corrected chi connectivity index (χ4v) is 6.58. The third-order valence-corrected chi connectivity index (χ3v) is 8.12. The van der Waals surface area contributed by atoms with E-state index in [-0.39, 0.29) is 36.2 Å². The van der Waals surface area contributed by atoms with Gasteiger partial charge in [-0.05, 0) is 81.3 Å². The van der Waals surface area contributed by atoms with Crippen molar-refractivity contribution in [1.82, 2.24) is 0 Å². The summed E-state index contributed by atoms with van der Waals surface area (Å²) in [5.74, 6) is 0.422. The maximum atomic E-state index is 12.8. The predicted octanol–water partition coefficient (Wildman–Crippen LogP) is 5.15. The van der Waals surface area contributed by atoms with Gasteiger partial charge in [0.25, 0.3) is 0 Å². The molecule has 0 aromatic carbocycles. The van der Waals surface area contributed by atoms with Gasteiger partial charge in [-0.2, -0.15) is 0 Å². The molecule has 178 valence electrons. The average Bonchev–Trinajstić information content (AvgIpc) is 3.21. The van der Waals surface area contributed by atoms with Gasteiger partial charge in [-0.1, -0.05) is 25.5 Å². The van der Waals surface area contributed by atoms with E-state index < -0.39 is 17.5 Å². The lowest BCUT2D eigenvalue weighted by Crippen LogP contribution is -2.53. The van der Waals surface area contributed by atoms with Crippen molar-refractivity contribution < 1.29 is 28.6 Å². The summed E-state index contributed by atoms with van der Waals surface area (Å²) in [5.41, 5.74) is 1.67. The number of carbonyl (C=O) groups is 2. The summed E-state index contributed by atoms with van der Waals surface area (Å²) in [6, 6.07) is 1.87. The molecule has 1 aromatic rings. The van der Waals surface area contributed by atoms with E-state index in [0.29, 0.717) is 12.2 Å². The average molecular weight is 447 g/mol. The number of ether oxygens (including phenoxy) is 2. The summed E-state index contributed by atoms with van der Waals surface area (Å²) in [4.78, 5) is 24.5. The van der Waals surface area contributed by atoms with E-state index >= 15 is 0 Å². The maximum Gasteiger partial charge on any atom is 0.311 e. The highest BCUT2D eigenvalue weighted by atomic mass is 16.5. The van der Waals surface area contributed by atoms with Crippen LogP contribution in [0.25, 0.3) is 0 Å². The second kappa shape index (κ2) is 9.82. The van der Waals surface area contributed by atoms with Crippen LogP contribution in [0.15, 0.2) is 28.9 Å². The molecule has 2 aliphatic carbocycles. The molecule has 5 atom stereocenters. The molecule has 1 aromatic heterocycles. The lowest BCUT2D eigenvalue weighted by molar-refractivity contribution is -0.168. The van der Waals surface area contributed by atoms with Crippen LogP contribution in [0.3, 0.4) is 0 Å². The number of hydrogen-bond acceptors (Lipinski definition) is 6. The van der Waals surface area contributed by atoms with Crippen molar-refractivity contribution in [2.24, 2.45) is 22.7 Å². The van der Waals surface area contributed by atoms with Crippen molar-refractivity contribution in [2.45, 2.75) is 78.2 Å². The van der Waals surface area contributed by atoms with Crippen LogP contribution in [-0.4, -0.2) is 30.8 Å². The molecular formula is C26H38O6. The Morgan fingerprint density at radius 1 is 1.34 bits per heavy atom. The topological polar surface area (TPSA) is 86.0 Å². The van der Waals surface area contributed by atoms with E-state index in [1.165, 1.54) is 12.7 Å². The Kier molecular flexibility index (Phi) is 7.53. The molecule has 0 saturated heterocycles. The summed E-state index contributed by atoms with van der Waals surface area (Å²) in [5, 5.41) is 10.5. The molecule has 1 unspecified atom stereocenters.